The molecule has 2 nitrogen and oxygen atoms in total. The van der Waals surface area contributed by atoms with Crippen LogP contribution in [-0.4, -0.2) is 19.4 Å². The second-order valence-corrected chi connectivity index (χ2v) is 2.85. The molecule has 0 aliphatic rings. The van der Waals surface area contributed by atoms with Crippen molar-refractivity contribution in [2.24, 2.45) is 11.8 Å². The van der Waals surface area contributed by atoms with Gasteiger partial charge < -0.3 is 10.1 Å². The van der Waals surface area contributed by atoms with Gasteiger partial charge in [-0.1, -0.05) is 20.8 Å². The quantitative estimate of drug-likeness (QED) is 0.583. The third kappa shape index (κ3) is 3.62. The lowest BCUT2D eigenvalue weighted by Crippen LogP contribution is -2.26. The fourth-order valence-electron chi connectivity index (χ4n) is 0.752. The van der Waals surface area contributed by atoms with Crippen LogP contribution in [0.25, 0.3) is 0 Å². The number of aldehydes is 1. The molecule has 0 heterocycles. The molecule has 0 saturated heterocycles. The van der Waals surface area contributed by atoms with Crippen LogP contribution in [0.4, 0.5) is 0 Å². The first-order valence-electron chi connectivity index (χ1n) is 3.88. The van der Waals surface area contributed by atoms with Crippen LogP contribution in [-0.2, 0) is 4.79 Å². The molecular weight excluding hydrogens is 126 g/mol. The number of carbonyl (C=O) groups excluding carboxylic acids is 1. The SMILES string of the molecule is CCNCC(C=O)C(C)C. The van der Waals surface area contributed by atoms with Gasteiger partial charge in [0.25, 0.3) is 0 Å². The van der Waals surface area contributed by atoms with E-state index in [1.165, 1.54) is 0 Å². The number of hydrogen-bond donors (Lipinski definition) is 1. The zero-order chi connectivity index (χ0) is 7.98. The lowest BCUT2D eigenvalue weighted by Gasteiger charge is -2.13. The van der Waals surface area contributed by atoms with Crippen molar-refractivity contribution in [2.75, 3.05) is 13.1 Å². The van der Waals surface area contributed by atoms with Crippen LogP contribution in [0.5, 0.6) is 0 Å². The van der Waals surface area contributed by atoms with Crippen molar-refractivity contribution < 1.29 is 4.79 Å². The Labute approximate surface area is 63.0 Å². The summed E-state index contributed by atoms with van der Waals surface area (Å²) in [6.45, 7) is 7.93. The molecule has 0 aromatic rings. The molecule has 0 aromatic heterocycles. The summed E-state index contributed by atoms with van der Waals surface area (Å²) < 4.78 is 0. The molecule has 0 saturated carbocycles. The van der Waals surface area contributed by atoms with Gasteiger partial charge in [0.2, 0.25) is 0 Å². The number of nitrogens with one attached hydrogen (secondary N) is 1. The molecule has 0 bridgehead atoms. The van der Waals surface area contributed by atoms with E-state index in [0.717, 1.165) is 19.4 Å². The third-order valence-electron chi connectivity index (χ3n) is 1.66. The van der Waals surface area contributed by atoms with Crippen LogP contribution in [0.3, 0.4) is 0 Å². The average Bonchev–Trinajstić information content (AvgIpc) is 1.89. The highest BCUT2D eigenvalue weighted by Gasteiger charge is 2.09. The van der Waals surface area contributed by atoms with Crippen LogP contribution >= 0.6 is 0 Å². The molecule has 0 aliphatic carbocycles. The summed E-state index contributed by atoms with van der Waals surface area (Å²) in [5.74, 6) is 0.636. The second-order valence-electron chi connectivity index (χ2n) is 2.85. The van der Waals surface area contributed by atoms with Crippen molar-refractivity contribution in [3.05, 3.63) is 0 Å². The highest BCUT2D eigenvalue weighted by atomic mass is 16.1. The Bertz CT molecular complexity index is 91.3. The molecule has 0 aliphatic heterocycles. The first-order valence-corrected chi connectivity index (χ1v) is 3.88. The number of carbonyl (C=O) groups is 1. The van der Waals surface area contributed by atoms with Gasteiger partial charge in [0, 0.05) is 12.5 Å². The molecule has 2 heteroatoms. The predicted molar refractivity (Wildman–Crippen MR) is 42.9 cm³/mol. The van der Waals surface area contributed by atoms with Crippen LogP contribution in [0.1, 0.15) is 20.8 Å². The number of hydrogen-bond acceptors (Lipinski definition) is 2. The van der Waals surface area contributed by atoms with Crippen LogP contribution in [0.15, 0.2) is 0 Å². The summed E-state index contributed by atoms with van der Waals surface area (Å²) >= 11 is 0. The monoisotopic (exact) mass is 143 g/mol. The minimum atomic E-state index is 0.181. The lowest BCUT2D eigenvalue weighted by atomic mass is 9.98. The lowest BCUT2D eigenvalue weighted by molar-refractivity contribution is -0.112. The predicted octanol–water partition coefficient (Wildman–Crippen LogP) is 1.07. The maximum atomic E-state index is 10.4. The molecule has 0 amide bonds. The van der Waals surface area contributed by atoms with Crippen molar-refractivity contribution in [1.82, 2.24) is 5.32 Å². The molecule has 0 rings (SSSR count). The zero-order valence-electron chi connectivity index (χ0n) is 7.05. The van der Waals surface area contributed by atoms with Crippen molar-refractivity contribution >= 4 is 6.29 Å². The minimum Gasteiger partial charge on any atom is -0.316 e. The van der Waals surface area contributed by atoms with Gasteiger partial charge in [-0.05, 0) is 12.5 Å². The smallest absolute Gasteiger partial charge is 0.124 e. The van der Waals surface area contributed by atoms with E-state index in [9.17, 15) is 4.79 Å². The topological polar surface area (TPSA) is 29.1 Å². The normalized spacial score (nSPS) is 13.6. The van der Waals surface area contributed by atoms with Crippen LogP contribution in [0.2, 0.25) is 0 Å². The minimum absolute atomic E-state index is 0.181. The summed E-state index contributed by atoms with van der Waals surface area (Å²) in [6.07, 6.45) is 1.04. The largest absolute Gasteiger partial charge is 0.316 e. The summed E-state index contributed by atoms with van der Waals surface area (Å²) in [6, 6.07) is 0. The summed E-state index contributed by atoms with van der Waals surface area (Å²) in [7, 11) is 0. The van der Waals surface area contributed by atoms with Crippen LogP contribution < -0.4 is 5.32 Å². The molecule has 1 unspecified atom stereocenters. The second kappa shape index (κ2) is 5.42. The van der Waals surface area contributed by atoms with Gasteiger partial charge in [0.1, 0.15) is 6.29 Å². The highest BCUT2D eigenvalue weighted by Crippen LogP contribution is 2.05. The van der Waals surface area contributed by atoms with Gasteiger partial charge in [0.05, 0.1) is 0 Å². The summed E-state index contributed by atoms with van der Waals surface area (Å²) in [5.41, 5.74) is 0. The Morgan fingerprint density at radius 2 is 2.10 bits per heavy atom. The van der Waals surface area contributed by atoms with Gasteiger partial charge in [-0.25, -0.2) is 0 Å². The van der Waals surface area contributed by atoms with Gasteiger partial charge in [-0.2, -0.15) is 0 Å². The summed E-state index contributed by atoms with van der Waals surface area (Å²) in [4.78, 5) is 10.4. The Hall–Kier alpha value is -0.370. The first-order chi connectivity index (χ1) is 4.72. The molecule has 0 aromatic carbocycles. The van der Waals surface area contributed by atoms with Gasteiger partial charge in [0.15, 0.2) is 0 Å². The fraction of sp³-hybridized carbons (Fsp3) is 0.875. The fourth-order valence-corrected chi connectivity index (χ4v) is 0.752. The van der Waals surface area contributed by atoms with E-state index in [2.05, 4.69) is 19.2 Å². The average molecular weight is 143 g/mol. The van der Waals surface area contributed by atoms with E-state index in [1.807, 2.05) is 6.92 Å². The van der Waals surface area contributed by atoms with Gasteiger partial charge in [-0.3, -0.25) is 0 Å². The molecular formula is C8H17NO. The Balaban J connectivity index is 3.50. The maximum absolute atomic E-state index is 10.4. The zero-order valence-corrected chi connectivity index (χ0v) is 7.05. The van der Waals surface area contributed by atoms with E-state index in [0.29, 0.717) is 5.92 Å². The number of rotatable bonds is 5. The van der Waals surface area contributed by atoms with Gasteiger partial charge >= 0.3 is 0 Å². The van der Waals surface area contributed by atoms with Crippen molar-refractivity contribution in [1.29, 1.82) is 0 Å². The van der Waals surface area contributed by atoms with E-state index < -0.39 is 0 Å². The van der Waals surface area contributed by atoms with Crippen LogP contribution in [0, 0.1) is 11.8 Å². The van der Waals surface area contributed by atoms with E-state index >= 15 is 0 Å². The molecule has 0 spiro atoms. The van der Waals surface area contributed by atoms with E-state index in [1.54, 1.807) is 0 Å². The first kappa shape index (κ1) is 9.63. The maximum Gasteiger partial charge on any atom is 0.124 e. The van der Waals surface area contributed by atoms with E-state index in [-0.39, 0.29) is 5.92 Å². The highest BCUT2D eigenvalue weighted by molar-refractivity contribution is 5.54. The van der Waals surface area contributed by atoms with Crippen molar-refractivity contribution in [3.8, 4) is 0 Å². The molecule has 0 radical (unpaired) electrons. The van der Waals surface area contributed by atoms with Crippen molar-refractivity contribution in [2.45, 2.75) is 20.8 Å². The van der Waals surface area contributed by atoms with Crippen molar-refractivity contribution in [3.63, 3.8) is 0 Å². The Morgan fingerprint density at radius 3 is 2.40 bits per heavy atom. The van der Waals surface area contributed by atoms with Gasteiger partial charge in [-0.15, -0.1) is 0 Å². The molecule has 10 heavy (non-hydrogen) atoms. The Morgan fingerprint density at radius 1 is 1.50 bits per heavy atom. The summed E-state index contributed by atoms with van der Waals surface area (Å²) in [5, 5.41) is 3.15. The van der Waals surface area contributed by atoms with E-state index in [4.69, 9.17) is 0 Å². The molecule has 1 N–H and O–H groups in total. The molecule has 1 atom stereocenters. The third-order valence-corrected chi connectivity index (χ3v) is 1.66. The molecule has 0 fully saturated rings. The Kier molecular flexibility index (Phi) is 5.22. The molecule has 60 valence electrons. The standard InChI is InChI=1S/C8H17NO/c1-4-9-5-8(6-10)7(2)3/h6-9H,4-5H2,1-3H3.